The van der Waals surface area contributed by atoms with E-state index >= 15 is 0 Å². The van der Waals surface area contributed by atoms with E-state index < -0.39 is 6.10 Å². The number of ether oxygens (including phenoxy) is 3. The third-order valence-electron chi connectivity index (χ3n) is 15.2. The predicted molar refractivity (Wildman–Crippen MR) is 344 cm³/mol. The molecule has 0 spiro atoms. The molecule has 79 heavy (non-hydrogen) atoms. The zero-order valence-electron chi connectivity index (χ0n) is 52.6. The number of hydrogen-bond donors (Lipinski definition) is 0. The summed E-state index contributed by atoms with van der Waals surface area (Å²) >= 11 is 0. The minimum absolute atomic E-state index is 0.0961. The molecule has 0 saturated heterocycles. The van der Waals surface area contributed by atoms with E-state index in [9.17, 15) is 14.4 Å². The Morgan fingerprint density at radius 3 is 0.873 bits per heavy atom. The molecule has 458 valence electrons. The van der Waals surface area contributed by atoms with Crippen molar-refractivity contribution < 1.29 is 28.6 Å². The Kier molecular flexibility index (Phi) is 64.7. The molecule has 0 aliphatic heterocycles. The van der Waals surface area contributed by atoms with Crippen LogP contribution in [0.3, 0.4) is 0 Å². The van der Waals surface area contributed by atoms with Crippen LogP contribution >= 0.6 is 0 Å². The molecule has 0 aliphatic carbocycles. The molecule has 0 saturated carbocycles. The van der Waals surface area contributed by atoms with Crippen LogP contribution in [0.25, 0.3) is 0 Å². The minimum Gasteiger partial charge on any atom is -0.462 e. The Labute approximate surface area is 491 Å². The Bertz CT molecular complexity index is 1450. The van der Waals surface area contributed by atoms with Gasteiger partial charge < -0.3 is 14.2 Å². The van der Waals surface area contributed by atoms with Crippen molar-refractivity contribution in [2.45, 2.75) is 361 Å². The van der Waals surface area contributed by atoms with E-state index in [0.717, 1.165) is 70.6 Å². The van der Waals surface area contributed by atoms with Crippen LogP contribution in [0.15, 0.2) is 72.9 Å². The summed E-state index contributed by atoms with van der Waals surface area (Å²) in [5.74, 6) is -0.968. The molecule has 0 fully saturated rings. The van der Waals surface area contributed by atoms with Gasteiger partial charge in [0.25, 0.3) is 0 Å². The molecule has 0 heterocycles. The van der Waals surface area contributed by atoms with Gasteiger partial charge in [0.1, 0.15) is 13.2 Å². The average Bonchev–Trinajstić information content (AvgIpc) is 3.45. The molecule has 0 aromatic heterocycles. The molecule has 0 radical (unpaired) electrons. The number of allylic oxidation sites excluding steroid dienone is 12. The zero-order valence-corrected chi connectivity index (χ0v) is 52.6. The van der Waals surface area contributed by atoms with Crippen molar-refractivity contribution in [3.63, 3.8) is 0 Å². The van der Waals surface area contributed by atoms with E-state index in [1.54, 1.807) is 0 Å². The standard InChI is InChI=1S/C73H130O6/c1-4-7-10-13-16-19-22-25-27-29-31-32-33-34-35-36-37-38-39-40-42-43-45-48-51-54-57-60-63-66-72(75)78-69-70(68-77-71(74)65-62-59-56-53-50-47-24-21-18-15-12-9-6-3)79-73(76)67-64-61-58-55-52-49-46-44-41-30-28-26-23-20-17-14-11-8-5-2/h9,12,17-18,20-21,26,28,47,50,56,59,70H,4-8,10-11,13-16,19,22-25,27,29-46,48-49,51-55,57-58,60-69H2,1-3H3/b12-9-,20-17-,21-18-,28-26-,50-47-,59-56-. The lowest BCUT2D eigenvalue weighted by atomic mass is 10.0. The zero-order chi connectivity index (χ0) is 57.1. The normalized spacial score (nSPS) is 12.5. The molecule has 0 amide bonds. The summed E-state index contributed by atoms with van der Waals surface area (Å²) in [4.78, 5) is 38.3. The second kappa shape index (κ2) is 67.4. The summed E-state index contributed by atoms with van der Waals surface area (Å²) in [6.07, 6.45) is 88.1. The van der Waals surface area contributed by atoms with Crippen LogP contribution in [0.5, 0.6) is 0 Å². The van der Waals surface area contributed by atoms with Crippen LogP contribution in [-0.2, 0) is 28.6 Å². The van der Waals surface area contributed by atoms with Crippen molar-refractivity contribution in [2.75, 3.05) is 13.2 Å². The summed E-state index contributed by atoms with van der Waals surface area (Å²) < 4.78 is 16.9. The lowest BCUT2D eigenvalue weighted by Crippen LogP contribution is -2.30. The van der Waals surface area contributed by atoms with E-state index in [2.05, 4.69) is 87.6 Å². The second-order valence-electron chi connectivity index (χ2n) is 23.1. The highest BCUT2D eigenvalue weighted by atomic mass is 16.6. The smallest absolute Gasteiger partial charge is 0.306 e. The lowest BCUT2D eigenvalue weighted by molar-refractivity contribution is -0.166. The van der Waals surface area contributed by atoms with Crippen LogP contribution < -0.4 is 0 Å². The van der Waals surface area contributed by atoms with Gasteiger partial charge in [-0.2, -0.15) is 0 Å². The van der Waals surface area contributed by atoms with Crippen LogP contribution in [0.4, 0.5) is 0 Å². The topological polar surface area (TPSA) is 78.9 Å². The Balaban J connectivity index is 4.23. The van der Waals surface area contributed by atoms with E-state index in [0.29, 0.717) is 19.3 Å². The monoisotopic (exact) mass is 1100 g/mol. The third kappa shape index (κ3) is 65.5. The number of hydrogen-bond acceptors (Lipinski definition) is 6. The van der Waals surface area contributed by atoms with Gasteiger partial charge in [-0.3, -0.25) is 14.4 Å². The largest absolute Gasteiger partial charge is 0.462 e. The molecule has 6 heteroatoms. The summed E-state index contributed by atoms with van der Waals surface area (Å²) in [7, 11) is 0. The molecular weight excluding hydrogens is 973 g/mol. The maximum atomic E-state index is 12.9. The maximum Gasteiger partial charge on any atom is 0.306 e. The van der Waals surface area contributed by atoms with Crippen molar-refractivity contribution in [3.8, 4) is 0 Å². The summed E-state index contributed by atoms with van der Waals surface area (Å²) in [5, 5.41) is 0. The summed E-state index contributed by atoms with van der Waals surface area (Å²) in [5.41, 5.74) is 0. The molecule has 0 aliphatic rings. The molecule has 0 rings (SSSR count). The fraction of sp³-hybridized carbons (Fsp3) is 0.795. The van der Waals surface area contributed by atoms with Gasteiger partial charge in [-0.15, -0.1) is 0 Å². The molecule has 1 atom stereocenters. The Hall–Kier alpha value is -3.15. The van der Waals surface area contributed by atoms with Gasteiger partial charge in [0.15, 0.2) is 6.10 Å². The Morgan fingerprint density at radius 2 is 0.519 bits per heavy atom. The number of rotatable bonds is 63. The van der Waals surface area contributed by atoms with Crippen LogP contribution in [0.1, 0.15) is 355 Å². The first-order chi connectivity index (χ1) is 39.0. The van der Waals surface area contributed by atoms with Gasteiger partial charge in [-0.1, -0.05) is 331 Å². The van der Waals surface area contributed by atoms with Crippen molar-refractivity contribution in [3.05, 3.63) is 72.9 Å². The first kappa shape index (κ1) is 75.8. The Morgan fingerprint density at radius 1 is 0.266 bits per heavy atom. The molecule has 1 unspecified atom stereocenters. The molecule has 0 N–H and O–H groups in total. The first-order valence-electron chi connectivity index (χ1n) is 34.4. The van der Waals surface area contributed by atoms with Crippen molar-refractivity contribution in [2.24, 2.45) is 0 Å². The first-order valence-corrected chi connectivity index (χ1v) is 34.4. The number of carbonyl (C=O) groups excluding carboxylic acids is 3. The molecule has 6 nitrogen and oxygen atoms in total. The van der Waals surface area contributed by atoms with Crippen LogP contribution in [-0.4, -0.2) is 37.2 Å². The third-order valence-corrected chi connectivity index (χ3v) is 15.2. The lowest BCUT2D eigenvalue weighted by Gasteiger charge is -2.18. The molecule has 0 bridgehead atoms. The van der Waals surface area contributed by atoms with Crippen LogP contribution in [0, 0.1) is 0 Å². The SMILES string of the molecule is CC/C=C\C/C=C\C/C=C\C/C=C\CCC(=O)OCC(COC(=O)CCCCCCCCCCCCCCCCCCCCCCCCCCCCCCC)OC(=O)CCCCCCCCCCC/C=C\C/C=C\CCCCC. The number of carbonyl (C=O) groups is 3. The van der Waals surface area contributed by atoms with Crippen molar-refractivity contribution in [1.29, 1.82) is 0 Å². The fourth-order valence-electron chi connectivity index (χ4n) is 10.1. The van der Waals surface area contributed by atoms with E-state index in [1.807, 2.05) is 6.08 Å². The molecule has 0 aromatic rings. The maximum absolute atomic E-state index is 12.9. The number of esters is 3. The highest BCUT2D eigenvalue weighted by Gasteiger charge is 2.19. The van der Waals surface area contributed by atoms with Gasteiger partial charge >= 0.3 is 17.9 Å². The second-order valence-corrected chi connectivity index (χ2v) is 23.1. The predicted octanol–water partition coefficient (Wildman–Crippen LogP) is 23.7. The van der Waals surface area contributed by atoms with Gasteiger partial charge in [0.05, 0.1) is 0 Å². The van der Waals surface area contributed by atoms with E-state index in [4.69, 9.17) is 14.2 Å². The number of unbranched alkanes of at least 4 members (excludes halogenated alkanes) is 40. The molecule has 0 aromatic carbocycles. The highest BCUT2D eigenvalue weighted by molar-refractivity contribution is 5.71. The van der Waals surface area contributed by atoms with Gasteiger partial charge in [-0.05, 0) is 77.0 Å². The van der Waals surface area contributed by atoms with Gasteiger partial charge in [0, 0.05) is 19.3 Å². The van der Waals surface area contributed by atoms with E-state index in [-0.39, 0.29) is 37.5 Å². The van der Waals surface area contributed by atoms with Crippen LogP contribution in [0.2, 0.25) is 0 Å². The van der Waals surface area contributed by atoms with Gasteiger partial charge in [-0.25, -0.2) is 0 Å². The minimum atomic E-state index is -0.806. The fourth-order valence-corrected chi connectivity index (χ4v) is 10.1. The van der Waals surface area contributed by atoms with Crippen molar-refractivity contribution >= 4 is 17.9 Å². The molecular formula is C73H130O6. The summed E-state index contributed by atoms with van der Waals surface area (Å²) in [6, 6.07) is 0. The summed E-state index contributed by atoms with van der Waals surface area (Å²) in [6.45, 7) is 6.48. The quantitative estimate of drug-likeness (QED) is 0.0261. The van der Waals surface area contributed by atoms with Crippen molar-refractivity contribution in [1.82, 2.24) is 0 Å². The highest BCUT2D eigenvalue weighted by Crippen LogP contribution is 2.18. The average molecular weight is 1100 g/mol. The van der Waals surface area contributed by atoms with E-state index in [1.165, 1.54) is 238 Å². The van der Waals surface area contributed by atoms with Gasteiger partial charge in [0.2, 0.25) is 0 Å².